The van der Waals surface area contributed by atoms with Gasteiger partial charge in [-0.1, -0.05) is 29.3 Å². The number of amides is 2. The van der Waals surface area contributed by atoms with Crippen LogP contribution in [0.5, 0.6) is 0 Å². The number of carbonyl (C=O) groups excluding carboxylic acids is 2. The van der Waals surface area contributed by atoms with Gasteiger partial charge in [0.25, 0.3) is 5.91 Å². The first kappa shape index (κ1) is 19.8. The summed E-state index contributed by atoms with van der Waals surface area (Å²) in [6.07, 6.45) is -0.278. The van der Waals surface area contributed by atoms with Crippen LogP contribution < -0.4 is 10.2 Å². The summed E-state index contributed by atoms with van der Waals surface area (Å²) >= 11 is 11.9. The summed E-state index contributed by atoms with van der Waals surface area (Å²) in [5.41, 5.74) is 0.907. The Bertz CT molecular complexity index is 619. The average Bonchev–Trinajstić information content (AvgIpc) is 2.58. The maximum absolute atomic E-state index is 12.3. The summed E-state index contributed by atoms with van der Waals surface area (Å²) in [6.45, 7) is 7.11. The zero-order chi connectivity index (χ0) is 18.4. The Morgan fingerprint density at radius 1 is 1.28 bits per heavy atom. The Balaban J connectivity index is 1.79. The summed E-state index contributed by atoms with van der Waals surface area (Å²) in [7, 11) is 0. The number of piperazine rings is 1. The van der Waals surface area contributed by atoms with Gasteiger partial charge < -0.3 is 15.0 Å². The van der Waals surface area contributed by atoms with Gasteiger partial charge in [0, 0.05) is 0 Å². The van der Waals surface area contributed by atoms with Crippen LogP contribution in [0.15, 0.2) is 18.2 Å². The lowest BCUT2D eigenvalue weighted by atomic mass is 10.1. The van der Waals surface area contributed by atoms with Gasteiger partial charge in [-0.05, 0) is 31.5 Å². The molecule has 25 heavy (non-hydrogen) atoms. The highest BCUT2D eigenvalue weighted by Gasteiger charge is 2.26. The van der Waals surface area contributed by atoms with Gasteiger partial charge in [-0.2, -0.15) is 0 Å². The third-order valence-electron chi connectivity index (χ3n) is 4.23. The van der Waals surface area contributed by atoms with Gasteiger partial charge in [0.2, 0.25) is 0 Å². The monoisotopic (exact) mass is 388 g/mol. The number of quaternary nitrogens is 1. The second kappa shape index (κ2) is 9.27. The lowest BCUT2D eigenvalue weighted by Gasteiger charge is -2.31. The summed E-state index contributed by atoms with van der Waals surface area (Å²) in [5.74, 6) is -0.0295. The molecule has 2 N–H and O–H groups in total. The molecule has 1 fully saturated rings. The fraction of sp³-hybridized carbons (Fsp3) is 0.529. The van der Waals surface area contributed by atoms with Gasteiger partial charge in [-0.25, -0.2) is 4.79 Å². The van der Waals surface area contributed by atoms with Crippen LogP contribution in [0.2, 0.25) is 10.0 Å². The van der Waals surface area contributed by atoms with Crippen molar-refractivity contribution < 1.29 is 19.2 Å². The van der Waals surface area contributed by atoms with E-state index in [9.17, 15) is 9.59 Å². The van der Waals surface area contributed by atoms with Crippen molar-refractivity contribution in [1.29, 1.82) is 0 Å². The fourth-order valence-corrected chi connectivity index (χ4v) is 3.09. The highest BCUT2D eigenvalue weighted by atomic mass is 35.5. The van der Waals surface area contributed by atoms with Gasteiger partial charge in [0.05, 0.1) is 48.9 Å². The Labute approximate surface area is 158 Å². The topological polar surface area (TPSA) is 63.1 Å². The van der Waals surface area contributed by atoms with Crippen LogP contribution in [0.1, 0.15) is 25.5 Å². The van der Waals surface area contributed by atoms with E-state index in [1.165, 1.54) is 0 Å². The van der Waals surface area contributed by atoms with Crippen molar-refractivity contribution in [3.63, 3.8) is 0 Å². The molecule has 138 valence electrons. The Hall–Kier alpha value is -1.50. The fourth-order valence-electron chi connectivity index (χ4n) is 2.78. The maximum atomic E-state index is 12.3. The molecule has 0 saturated carbocycles. The molecule has 2 amide bonds. The number of hydrogen-bond acceptors (Lipinski definition) is 3. The number of nitrogens with one attached hydrogen (secondary N) is 2. The van der Waals surface area contributed by atoms with E-state index in [2.05, 4.69) is 5.32 Å². The van der Waals surface area contributed by atoms with Gasteiger partial charge in [0.1, 0.15) is 0 Å². The molecular weight excluding hydrogens is 365 g/mol. The Morgan fingerprint density at radius 3 is 2.56 bits per heavy atom. The van der Waals surface area contributed by atoms with Crippen molar-refractivity contribution in [3.05, 3.63) is 33.8 Å². The SMILES string of the molecule is CCOC(=O)N1CC[NH+](CC(=O)N[C@H](C)c2ccc(Cl)c(Cl)c2)CC1. The molecule has 8 heteroatoms. The number of ether oxygens (including phenoxy) is 1. The molecule has 2 rings (SSSR count). The number of nitrogens with zero attached hydrogens (tertiary/aromatic N) is 1. The van der Waals surface area contributed by atoms with Crippen LogP contribution >= 0.6 is 23.2 Å². The number of rotatable bonds is 5. The van der Waals surface area contributed by atoms with Crippen molar-refractivity contribution in [3.8, 4) is 0 Å². The number of hydrogen-bond donors (Lipinski definition) is 2. The van der Waals surface area contributed by atoms with Gasteiger partial charge in [-0.3, -0.25) is 9.69 Å². The van der Waals surface area contributed by atoms with Crippen LogP contribution in [0.4, 0.5) is 4.79 Å². The van der Waals surface area contributed by atoms with E-state index in [1.54, 1.807) is 24.0 Å². The molecule has 0 radical (unpaired) electrons. The molecule has 0 unspecified atom stereocenters. The van der Waals surface area contributed by atoms with Crippen molar-refractivity contribution in [1.82, 2.24) is 10.2 Å². The quantitative estimate of drug-likeness (QED) is 0.803. The minimum atomic E-state index is -0.278. The molecule has 1 atom stereocenters. The normalized spacial score (nSPS) is 16.4. The van der Waals surface area contributed by atoms with Crippen molar-refractivity contribution >= 4 is 35.2 Å². The highest BCUT2D eigenvalue weighted by molar-refractivity contribution is 6.42. The molecule has 1 aromatic carbocycles. The molecule has 1 saturated heterocycles. The maximum Gasteiger partial charge on any atom is 0.410 e. The van der Waals surface area contributed by atoms with E-state index in [0.29, 0.717) is 36.3 Å². The molecule has 1 aromatic rings. The third kappa shape index (κ3) is 5.76. The zero-order valence-electron chi connectivity index (χ0n) is 14.5. The molecule has 0 aliphatic carbocycles. The summed E-state index contributed by atoms with van der Waals surface area (Å²) in [4.78, 5) is 26.8. The zero-order valence-corrected chi connectivity index (χ0v) is 16.0. The second-order valence-electron chi connectivity index (χ2n) is 6.08. The molecule has 0 aromatic heterocycles. The van der Waals surface area contributed by atoms with E-state index in [0.717, 1.165) is 23.6 Å². The second-order valence-corrected chi connectivity index (χ2v) is 6.89. The summed E-state index contributed by atoms with van der Waals surface area (Å²) in [5, 5.41) is 3.94. The van der Waals surface area contributed by atoms with Crippen LogP contribution in [0, 0.1) is 0 Å². The van der Waals surface area contributed by atoms with Crippen LogP contribution in [-0.4, -0.2) is 56.2 Å². The molecule has 1 aliphatic heterocycles. The van der Waals surface area contributed by atoms with Gasteiger partial charge >= 0.3 is 6.09 Å². The van der Waals surface area contributed by atoms with Gasteiger partial charge in [-0.15, -0.1) is 0 Å². The first-order valence-electron chi connectivity index (χ1n) is 8.40. The predicted octanol–water partition coefficient (Wildman–Crippen LogP) is 1.53. The minimum absolute atomic E-state index is 0.0295. The van der Waals surface area contributed by atoms with Crippen LogP contribution in [-0.2, 0) is 9.53 Å². The van der Waals surface area contributed by atoms with Crippen molar-refractivity contribution in [2.45, 2.75) is 19.9 Å². The Morgan fingerprint density at radius 2 is 1.96 bits per heavy atom. The summed E-state index contributed by atoms with van der Waals surface area (Å²) < 4.78 is 5.00. The minimum Gasteiger partial charge on any atom is -0.450 e. The molecular formula is C17H24Cl2N3O3+. The molecule has 0 bridgehead atoms. The predicted molar refractivity (Wildman–Crippen MR) is 97.2 cm³/mol. The molecule has 6 nitrogen and oxygen atoms in total. The highest BCUT2D eigenvalue weighted by Crippen LogP contribution is 2.25. The van der Waals surface area contributed by atoms with Crippen LogP contribution in [0.25, 0.3) is 0 Å². The first-order chi connectivity index (χ1) is 11.9. The van der Waals surface area contributed by atoms with E-state index in [4.69, 9.17) is 27.9 Å². The standard InChI is InChI=1S/C17H23Cl2N3O3/c1-3-25-17(24)22-8-6-21(7-9-22)11-16(23)20-12(2)13-4-5-14(18)15(19)10-13/h4-5,10,12H,3,6-9,11H2,1-2H3,(H,20,23)/p+1/t12-/m1/s1. The number of carbonyl (C=O) groups is 2. The van der Waals surface area contributed by atoms with Crippen LogP contribution in [0.3, 0.4) is 0 Å². The van der Waals surface area contributed by atoms with Gasteiger partial charge in [0.15, 0.2) is 6.54 Å². The number of benzene rings is 1. The Kier molecular flexibility index (Phi) is 7.35. The van der Waals surface area contributed by atoms with E-state index >= 15 is 0 Å². The number of halogens is 2. The largest absolute Gasteiger partial charge is 0.450 e. The van der Waals surface area contributed by atoms with Crippen molar-refractivity contribution in [2.75, 3.05) is 39.3 Å². The first-order valence-corrected chi connectivity index (χ1v) is 9.16. The average molecular weight is 389 g/mol. The summed E-state index contributed by atoms with van der Waals surface area (Å²) in [6, 6.07) is 5.19. The lowest BCUT2D eigenvalue weighted by molar-refractivity contribution is -0.896. The van der Waals surface area contributed by atoms with E-state index in [1.807, 2.05) is 13.0 Å². The van der Waals surface area contributed by atoms with E-state index in [-0.39, 0.29) is 18.0 Å². The van der Waals surface area contributed by atoms with Crippen molar-refractivity contribution in [2.24, 2.45) is 0 Å². The molecule has 0 spiro atoms. The van der Waals surface area contributed by atoms with E-state index < -0.39 is 0 Å². The lowest BCUT2D eigenvalue weighted by Crippen LogP contribution is -3.15. The smallest absolute Gasteiger partial charge is 0.410 e. The molecule has 1 heterocycles. The third-order valence-corrected chi connectivity index (χ3v) is 4.97. The molecule has 1 aliphatic rings.